The van der Waals surface area contributed by atoms with E-state index in [1.54, 1.807) is 19.2 Å². The molecule has 3 atom stereocenters. The van der Waals surface area contributed by atoms with Crippen molar-refractivity contribution < 1.29 is 14.3 Å². The molecule has 2 aromatic rings. The molecule has 5 nitrogen and oxygen atoms in total. The number of aliphatic imine (C=N–C) groups is 1. The number of hydrogen-bond acceptors (Lipinski definition) is 5. The first-order valence-electron chi connectivity index (χ1n) is 10.6. The number of hydrogen-bond donors (Lipinski definition) is 1. The van der Waals surface area contributed by atoms with Gasteiger partial charge in [-0.1, -0.05) is 37.3 Å². The Morgan fingerprint density at radius 1 is 1.20 bits per heavy atom. The van der Waals surface area contributed by atoms with Gasteiger partial charge in [0, 0.05) is 17.5 Å². The largest absolute Gasteiger partial charge is 0.386 e. The van der Waals surface area contributed by atoms with E-state index in [0.29, 0.717) is 24.4 Å². The average molecular weight is 412 g/mol. The van der Waals surface area contributed by atoms with Crippen molar-refractivity contribution in [1.29, 1.82) is 0 Å². The molecule has 0 spiro atoms. The maximum atomic E-state index is 13.4. The van der Waals surface area contributed by atoms with Gasteiger partial charge in [-0.05, 0) is 57.0 Å². The quantitative estimate of drug-likeness (QED) is 0.494. The van der Waals surface area contributed by atoms with Crippen molar-refractivity contribution >= 4 is 11.5 Å². The van der Waals surface area contributed by atoms with Crippen molar-refractivity contribution in [2.24, 2.45) is 4.99 Å². The van der Waals surface area contributed by atoms with Crippen molar-refractivity contribution in [2.45, 2.75) is 51.9 Å². The molecule has 1 N–H and O–H groups in total. The third-order valence-corrected chi connectivity index (χ3v) is 5.68. The van der Waals surface area contributed by atoms with E-state index in [9.17, 15) is 14.3 Å². The molecule has 1 aliphatic heterocycles. The van der Waals surface area contributed by atoms with Crippen LogP contribution in [0.4, 0.5) is 4.39 Å². The predicted octanol–water partition coefficient (Wildman–Crippen LogP) is 4.27. The van der Waals surface area contributed by atoms with Gasteiger partial charge in [0.2, 0.25) is 0 Å². The summed E-state index contributed by atoms with van der Waals surface area (Å²) in [5.74, 6) is 0.0452. The minimum Gasteiger partial charge on any atom is -0.386 e. The Hall–Kier alpha value is -2.44. The molecule has 2 heterocycles. The number of aromatic nitrogens is 1. The fourth-order valence-electron chi connectivity index (χ4n) is 3.40. The summed E-state index contributed by atoms with van der Waals surface area (Å²) in [6.07, 6.45) is 1.56. The molecule has 0 saturated carbocycles. The number of carbonyl (C=O) groups is 1. The number of aliphatic hydroxyl groups excluding tert-OH is 1. The second-order valence-electron chi connectivity index (χ2n) is 7.91. The summed E-state index contributed by atoms with van der Waals surface area (Å²) in [7, 11) is 0. The van der Waals surface area contributed by atoms with E-state index in [-0.39, 0.29) is 11.8 Å². The van der Waals surface area contributed by atoms with Gasteiger partial charge in [-0.15, -0.1) is 0 Å². The molecule has 0 amide bonds. The van der Waals surface area contributed by atoms with Crippen LogP contribution in [-0.4, -0.2) is 58.3 Å². The lowest BCUT2D eigenvalue weighted by Gasteiger charge is -2.29. The molecule has 1 saturated heterocycles. The molecule has 30 heavy (non-hydrogen) atoms. The fraction of sp³-hybridized carbons (Fsp3) is 0.458. The van der Waals surface area contributed by atoms with Crippen molar-refractivity contribution in [1.82, 2.24) is 9.88 Å². The maximum absolute atomic E-state index is 13.4. The second kappa shape index (κ2) is 10.0. The van der Waals surface area contributed by atoms with Gasteiger partial charge in [-0.25, -0.2) is 4.39 Å². The monoisotopic (exact) mass is 411 g/mol. The first-order valence-corrected chi connectivity index (χ1v) is 10.6. The minimum atomic E-state index is -1.12. The standard InChI is InChI=1S/C24H30FN3O2/c1-4-21(27-17(3)16(2)25)24(30)19-8-6-18(7-9-19)20-10-11-22(26-14-20)23(29)15-28-12-5-13-28/h6-11,14,16,21,24,30H,4-5,12-13,15H2,1-3H3/t16?,21-,24-/m1/s1. The van der Waals surface area contributed by atoms with Crippen LogP contribution >= 0.6 is 0 Å². The number of Topliss-reactive ketones (excluding diaryl/α,β-unsaturated/α-hetero) is 1. The average Bonchev–Trinajstić information content (AvgIpc) is 2.74. The second-order valence-corrected chi connectivity index (χ2v) is 7.91. The molecular formula is C24H30FN3O2. The molecule has 6 heteroatoms. The van der Waals surface area contributed by atoms with Gasteiger partial charge in [0.15, 0.2) is 5.78 Å². The summed E-state index contributed by atoms with van der Waals surface area (Å²) in [6.45, 7) is 7.43. The molecule has 0 bridgehead atoms. The SMILES string of the molecule is CC[C@@H](N=C(C)C(C)F)[C@H](O)c1ccc(-c2ccc(C(=O)CN3CCC3)nc2)cc1. The van der Waals surface area contributed by atoms with Gasteiger partial charge in [-0.3, -0.25) is 19.7 Å². The number of rotatable bonds is 9. The number of pyridine rings is 1. The highest BCUT2D eigenvalue weighted by molar-refractivity contribution is 5.96. The summed E-state index contributed by atoms with van der Waals surface area (Å²) in [6, 6.07) is 10.8. The van der Waals surface area contributed by atoms with Crippen LogP contribution in [0, 0.1) is 0 Å². The highest BCUT2D eigenvalue weighted by Gasteiger charge is 2.20. The Morgan fingerprint density at radius 3 is 2.37 bits per heavy atom. The Balaban J connectivity index is 1.68. The topological polar surface area (TPSA) is 65.8 Å². The molecule has 0 aliphatic carbocycles. The van der Waals surface area contributed by atoms with Crippen LogP contribution in [0.2, 0.25) is 0 Å². The van der Waals surface area contributed by atoms with E-state index in [2.05, 4.69) is 14.9 Å². The lowest BCUT2D eigenvalue weighted by atomic mass is 9.97. The van der Waals surface area contributed by atoms with E-state index >= 15 is 0 Å². The van der Waals surface area contributed by atoms with E-state index < -0.39 is 12.3 Å². The summed E-state index contributed by atoms with van der Waals surface area (Å²) in [5.41, 5.74) is 3.48. The maximum Gasteiger partial charge on any atom is 0.195 e. The molecule has 3 rings (SSSR count). The van der Waals surface area contributed by atoms with E-state index in [4.69, 9.17) is 0 Å². The number of carbonyl (C=O) groups excluding carboxylic acids is 1. The summed E-state index contributed by atoms with van der Waals surface area (Å²) in [5, 5.41) is 10.7. The molecule has 1 aromatic heterocycles. The predicted molar refractivity (Wildman–Crippen MR) is 118 cm³/mol. The molecular weight excluding hydrogens is 381 g/mol. The van der Waals surface area contributed by atoms with Crippen molar-refractivity contribution in [2.75, 3.05) is 19.6 Å². The van der Waals surface area contributed by atoms with Gasteiger partial charge in [0.1, 0.15) is 18.0 Å². The van der Waals surface area contributed by atoms with Crippen molar-refractivity contribution in [3.8, 4) is 11.1 Å². The van der Waals surface area contributed by atoms with Crippen LogP contribution < -0.4 is 0 Å². The number of ketones is 1. The Morgan fingerprint density at radius 2 is 1.87 bits per heavy atom. The molecule has 0 radical (unpaired) electrons. The van der Waals surface area contributed by atoms with Gasteiger partial charge >= 0.3 is 0 Å². The number of nitrogens with zero attached hydrogens (tertiary/aromatic N) is 3. The van der Waals surface area contributed by atoms with Crippen LogP contribution in [0.3, 0.4) is 0 Å². The first kappa shape index (κ1) is 22.2. The third-order valence-electron chi connectivity index (χ3n) is 5.68. The zero-order valence-electron chi connectivity index (χ0n) is 17.9. The normalized spacial score (nSPS) is 17.8. The number of likely N-dealkylation sites (tertiary alicyclic amines) is 1. The fourth-order valence-corrected chi connectivity index (χ4v) is 3.40. The van der Waals surface area contributed by atoms with Gasteiger partial charge in [-0.2, -0.15) is 0 Å². The summed E-state index contributed by atoms with van der Waals surface area (Å²) in [4.78, 5) is 23.1. The third kappa shape index (κ3) is 5.37. The Kier molecular flexibility index (Phi) is 7.45. The van der Waals surface area contributed by atoms with Crippen molar-refractivity contribution in [3.63, 3.8) is 0 Å². The lowest BCUT2D eigenvalue weighted by molar-refractivity contribution is 0.0870. The van der Waals surface area contributed by atoms with Crippen LogP contribution in [0.15, 0.2) is 47.6 Å². The molecule has 1 unspecified atom stereocenters. The minimum absolute atomic E-state index is 0.0452. The zero-order chi connectivity index (χ0) is 21.7. The highest BCUT2D eigenvalue weighted by atomic mass is 19.1. The van der Waals surface area contributed by atoms with Gasteiger partial charge < -0.3 is 5.11 Å². The number of alkyl halides is 1. The van der Waals surface area contributed by atoms with Crippen LogP contribution in [-0.2, 0) is 0 Å². The smallest absolute Gasteiger partial charge is 0.195 e. The summed E-state index contributed by atoms with van der Waals surface area (Å²) < 4.78 is 13.4. The number of benzene rings is 1. The van der Waals surface area contributed by atoms with Crippen LogP contribution in [0.1, 0.15) is 55.8 Å². The molecule has 1 aliphatic rings. The highest BCUT2D eigenvalue weighted by Crippen LogP contribution is 2.26. The van der Waals surface area contributed by atoms with Crippen LogP contribution in [0.25, 0.3) is 11.1 Å². The molecule has 160 valence electrons. The van der Waals surface area contributed by atoms with Crippen LogP contribution in [0.5, 0.6) is 0 Å². The van der Waals surface area contributed by atoms with Gasteiger partial charge in [0.25, 0.3) is 0 Å². The van der Waals surface area contributed by atoms with E-state index in [0.717, 1.165) is 36.2 Å². The van der Waals surface area contributed by atoms with Gasteiger partial charge in [0.05, 0.1) is 12.6 Å². The Bertz CT molecular complexity index is 874. The van der Waals surface area contributed by atoms with E-state index in [1.165, 1.54) is 6.92 Å². The molecule has 1 fully saturated rings. The van der Waals surface area contributed by atoms with Crippen molar-refractivity contribution in [3.05, 3.63) is 53.9 Å². The zero-order valence-corrected chi connectivity index (χ0v) is 17.9. The first-order chi connectivity index (χ1) is 14.4. The van der Waals surface area contributed by atoms with E-state index in [1.807, 2.05) is 37.3 Å². The molecule has 1 aromatic carbocycles. The Labute approximate surface area is 177 Å². The summed E-state index contributed by atoms with van der Waals surface area (Å²) >= 11 is 0. The lowest BCUT2D eigenvalue weighted by Crippen LogP contribution is -2.40. The number of halogens is 1. The number of aliphatic hydroxyl groups is 1.